The molecule has 4 aromatic rings. The smallest absolute Gasteiger partial charge is 0.272 e. The van der Waals surface area contributed by atoms with Crippen LogP contribution in [0.4, 0.5) is 11.4 Å². The number of ether oxygens (including phenoxy) is 1. The number of aliphatic hydroxyl groups excluding tert-OH is 1. The van der Waals surface area contributed by atoms with E-state index < -0.39 is 6.10 Å². The third-order valence-electron chi connectivity index (χ3n) is 4.60. The van der Waals surface area contributed by atoms with E-state index in [2.05, 4.69) is 10.2 Å². The maximum atomic E-state index is 11.9. The van der Waals surface area contributed by atoms with Gasteiger partial charge in [-0.05, 0) is 36.4 Å². The summed E-state index contributed by atoms with van der Waals surface area (Å²) in [6.45, 7) is 0.383. The maximum absolute atomic E-state index is 11.9. The van der Waals surface area contributed by atoms with Crippen molar-refractivity contribution >= 4 is 22.1 Å². The van der Waals surface area contributed by atoms with E-state index >= 15 is 0 Å². The minimum absolute atomic E-state index is 0.0409. The lowest BCUT2D eigenvalue weighted by molar-refractivity contribution is 0.112. The third kappa shape index (κ3) is 4.28. The molecule has 0 spiro atoms. The van der Waals surface area contributed by atoms with Gasteiger partial charge in [0.2, 0.25) is 5.88 Å². The summed E-state index contributed by atoms with van der Waals surface area (Å²) >= 11 is 0. The summed E-state index contributed by atoms with van der Waals surface area (Å²) in [7, 11) is 0. The van der Waals surface area contributed by atoms with Crippen LogP contribution in [0.3, 0.4) is 0 Å². The summed E-state index contributed by atoms with van der Waals surface area (Å²) in [6.07, 6.45) is -0.775. The fraction of sp³-hybridized carbons (Fsp3) is 0.130. The quantitative estimate of drug-likeness (QED) is 0.507. The van der Waals surface area contributed by atoms with Gasteiger partial charge in [0.05, 0.1) is 17.3 Å². The van der Waals surface area contributed by atoms with Crippen LogP contribution in [0.2, 0.25) is 0 Å². The molecule has 146 valence electrons. The highest BCUT2D eigenvalue weighted by Gasteiger charge is 2.16. The average molecular weight is 387 g/mol. The Balaban J connectivity index is 1.51. The molecule has 0 aliphatic heterocycles. The molecule has 3 aromatic carbocycles. The van der Waals surface area contributed by atoms with E-state index in [0.717, 1.165) is 11.4 Å². The van der Waals surface area contributed by atoms with Gasteiger partial charge < -0.3 is 14.7 Å². The highest BCUT2D eigenvalue weighted by atomic mass is 16.5. The molecule has 1 atom stereocenters. The van der Waals surface area contributed by atoms with Crippen LogP contribution in [0.15, 0.2) is 89.7 Å². The van der Waals surface area contributed by atoms with Crippen molar-refractivity contribution in [3.8, 4) is 5.88 Å². The molecule has 0 fully saturated rings. The second kappa shape index (κ2) is 8.58. The fourth-order valence-electron chi connectivity index (χ4n) is 3.21. The first-order valence-corrected chi connectivity index (χ1v) is 9.38. The summed E-state index contributed by atoms with van der Waals surface area (Å²) in [4.78, 5) is 13.9. The molecule has 0 saturated heterocycles. The Morgan fingerprint density at radius 2 is 1.41 bits per heavy atom. The van der Waals surface area contributed by atoms with Crippen LogP contribution in [-0.4, -0.2) is 34.6 Å². The predicted molar refractivity (Wildman–Crippen MR) is 114 cm³/mol. The topological polar surface area (TPSA) is 78.5 Å². The largest absolute Gasteiger partial charge is 0.473 e. The lowest BCUT2D eigenvalue weighted by Gasteiger charge is -2.27. The first kappa shape index (κ1) is 18.7. The van der Waals surface area contributed by atoms with Crippen molar-refractivity contribution in [1.82, 2.24) is 10.2 Å². The number of benzene rings is 3. The molecule has 29 heavy (non-hydrogen) atoms. The van der Waals surface area contributed by atoms with Gasteiger partial charge in [-0.25, -0.2) is 5.10 Å². The number of aromatic nitrogens is 2. The highest BCUT2D eigenvalue weighted by Crippen LogP contribution is 2.25. The first-order valence-electron chi connectivity index (χ1n) is 9.38. The van der Waals surface area contributed by atoms with E-state index in [1.807, 2.05) is 71.6 Å². The van der Waals surface area contributed by atoms with Crippen LogP contribution in [0, 0.1) is 0 Å². The number of rotatable bonds is 7. The SMILES string of the molecule is O=c1[nH]nc(OCC(O)CN(c2ccccc2)c2ccccc2)c2ccccc12. The van der Waals surface area contributed by atoms with Crippen LogP contribution in [0.25, 0.3) is 10.8 Å². The number of hydrogen-bond donors (Lipinski definition) is 2. The molecule has 1 heterocycles. The van der Waals surface area contributed by atoms with E-state index in [1.165, 1.54) is 0 Å². The summed E-state index contributed by atoms with van der Waals surface area (Å²) in [5.74, 6) is 0.297. The van der Waals surface area contributed by atoms with E-state index in [0.29, 0.717) is 23.2 Å². The van der Waals surface area contributed by atoms with E-state index in [1.54, 1.807) is 18.2 Å². The predicted octanol–water partition coefficient (Wildman–Crippen LogP) is 3.50. The number of aromatic amines is 1. The van der Waals surface area contributed by atoms with Gasteiger partial charge in [-0.2, -0.15) is 0 Å². The van der Waals surface area contributed by atoms with Crippen LogP contribution < -0.4 is 15.2 Å². The lowest BCUT2D eigenvalue weighted by Crippen LogP contribution is -2.33. The van der Waals surface area contributed by atoms with Crippen molar-refractivity contribution in [3.05, 3.63) is 95.3 Å². The Morgan fingerprint density at radius 1 is 0.862 bits per heavy atom. The van der Waals surface area contributed by atoms with Crippen molar-refractivity contribution in [2.45, 2.75) is 6.10 Å². The maximum Gasteiger partial charge on any atom is 0.272 e. The van der Waals surface area contributed by atoms with Gasteiger partial charge in [0.1, 0.15) is 12.7 Å². The van der Waals surface area contributed by atoms with Crippen LogP contribution in [-0.2, 0) is 0 Å². The number of aliphatic hydroxyl groups is 1. The molecule has 0 aliphatic carbocycles. The first-order chi connectivity index (χ1) is 14.2. The molecule has 1 aromatic heterocycles. The van der Waals surface area contributed by atoms with E-state index in [-0.39, 0.29) is 12.2 Å². The van der Waals surface area contributed by atoms with Gasteiger partial charge in [-0.3, -0.25) is 4.79 Å². The molecule has 1 unspecified atom stereocenters. The van der Waals surface area contributed by atoms with Crippen molar-refractivity contribution in [2.24, 2.45) is 0 Å². The van der Waals surface area contributed by atoms with Crippen molar-refractivity contribution in [1.29, 1.82) is 0 Å². The summed E-state index contributed by atoms with van der Waals surface area (Å²) in [5, 5.41) is 18.2. The zero-order valence-corrected chi connectivity index (χ0v) is 15.7. The van der Waals surface area contributed by atoms with Crippen LogP contribution in [0.1, 0.15) is 0 Å². The van der Waals surface area contributed by atoms with Gasteiger partial charge in [0.15, 0.2) is 0 Å². The molecule has 0 amide bonds. The number of hydrogen-bond acceptors (Lipinski definition) is 5. The van der Waals surface area contributed by atoms with Crippen molar-refractivity contribution < 1.29 is 9.84 Å². The number of para-hydroxylation sites is 2. The second-order valence-corrected chi connectivity index (χ2v) is 6.65. The monoisotopic (exact) mass is 387 g/mol. The normalized spacial score (nSPS) is 11.9. The number of nitrogens with zero attached hydrogens (tertiary/aromatic N) is 2. The molecular formula is C23H21N3O3. The summed E-state index contributed by atoms with van der Waals surface area (Å²) in [5.41, 5.74) is 1.68. The molecule has 2 N–H and O–H groups in total. The summed E-state index contributed by atoms with van der Waals surface area (Å²) < 4.78 is 5.75. The average Bonchev–Trinajstić information content (AvgIpc) is 2.78. The zero-order chi connectivity index (χ0) is 20.1. The Labute approximate surface area is 168 Å². The number of fused-ring (bicyclic) bond motifs is 1. The van der Waals surface area contributed by atoms with Crippen molar-refractivity contribution in [2.75, 3.05) is 18.1 Å². The van der Waals surface area contributed by atoms with Gasteiger partial charge in [0, 0.05) is 11.4 Å². The number of anilines is 2. The minimum atomic E-state index is -0.775. The molecule has 0 aliphatic rings. The minimum Gasteiger partial charge on any atom is -0.473 e. The van der Waals surface area contributed by atoms with Gasteiger partial charge >= 0.3 is 0 Å². The lowest BCUT2D eigenvalue weighted by atomic mass is 10.2. The molecule has 4 rings (SSSR count). The zero-order valence-electron chi connectivity index (χ0n) is 15.7. The Hall–Kier alpha value is -3.64. The van der Waals surface area contributed by atoms with Gasteiger partial charge in [0.25, 0.3) is 5.56 Å². The Morgan fingerprint density at radius 3 is 2.03 bits per heavy atom. The number of H-pyrrole nitrogens is 1. The molecule has 0 saturated carbocycles. The highest BCUT2D eigenvalue weighted by molar-refractivity contribution is 5.85. The Kier molecular flexibility index (Phi) is 5.54. The molecule has 0 radical (unpaired) electrons. The van der Waals surface area contributed by atoms with Gasteiger partial charge in [-0.15, -0.1) is 5.10 Å². The number of nitrogens with one attached hydrogen (secondary N) is 1. The van der Waals surface area contributed by atoms with E-state index in [4.69, 9.17) is 4.74 Å². The van der Waals surface area contributed by atoms with Crippen molar-refractivity contribution in [3.63, 3.8) is 0 Å². The summed E-state index contributed by atoms with van der Waals surface area (Å²) in [6, 6.07) is 26.9. The molecule has 6 heteroatoms. The van der Waals surface area contributed by atoms with Gasteiger partial charge in [-0.1, -0.05) is 48.5 Å². The molecule has 0 bridgehead atoms. The fourth-order valence-corrected chi connectivity index (χ4v) is 3.21. The Bertz CT molecular complexity index is 1090. The second-order valence-electron chi connectivity index (χ2n) is 6.65. The standard InChI is InChI=1S/C23H21N3O3/c27-19(16-29-23-21-14-8-7-13-20(21)22(28)24-25-23)15-26(17-9-3-1-4-10-17)18-11-5-2-6-12-18/h1-14,19,27H,15-16H2,(H,24,28). The van der Waals surface area contributed by atoms with Crippen LogP contribution in [0.5, 0.6) is 5.88 Å². The van der Waals surface area contributed by atoms with E-state index in [9.17, 15) is 9.90 Å². The van der Waals surface area contributed by atoms with Crippen LogP contribution >= 0.6 is 0 Å². The molecular weight excluding hydrogens is 366 g/mol. The molecule has 6 nitrogen and oxygen atoms in total. The third-order valence-corrected chi connectivity index (χ3v) is 4.60.